The number of terminal acetylenes is 1. The first-order valence-electron chi connectivity index (χ1n) is 12.3. The van der Waals surface area contributed by atoms with Gasteiger partial charge in [-0.15, -0.1) is 12.8 Å². The van der Waals surface area contributed by atoms with Crippen LogP contribution in [0.25, 0.3) is 17.0 Å². The Morgan fingerprint density at radius 1 is 1.18 bits per heavy atom. The van der Waals surface area contributed by atoms with E-state index in [-0.39, 0.29) is 34.3 Å². The van der Waals surface area contributed by atoms with Crippen molar-refractivity contribution in [1.29, 1.82) is 0 Å². The van der Waals surface area contributed by atoms with Crippen molar-refractivity contribution in [2.45, 2.75) is 45.5 Å². The Morgan fingerprint density at radius 3 is 2.59 bits per heavy atom. The number of hydrogen-bond donors (Lipinski definition) is 1. The Labute approximate surface area is 234 Å². The van der Waals surface area contributed by atoms with Gasteiger partial charge in [0, 0.05) is 23.0 Å². The van der Waals surface area contributed by atoms with Gasteiger partial charge in [0.2, 0.25) is 0 Å². The van der Waals surface area contributed by atoms with Gasteiger partial charge in [0.05, 0.1) is 28.7 Å². The number of thioether (sulfide) groups is 1. The largest absolute Gasteiger partial charge is 0.416 e. The molecule has 3 heterocycles. The van der Waals surface area contributed by atoms with Crippen molar-refractivity contribution in [3.05, 3.63) is 69.2 Å². The summed E-state index contributed by atoms with van der Waals surface area (Å²) in [7, 11) is 0. The zero-order chi connectivity index (χ0) is 28.7. The second kappa shape index (κ2) is 13.2. The molecule has 1 atom stereocenters. The maximum Gasteiger partial charge on any atom is 0.416 e. The molecule has 0 bridgehead atoms. The van der Waals surface area contributed by atoms with Gasteiger partial charge in [-0.3, -0.25) is 19.2 Å². The molecule has 2 aliphatic heterocycles. The number of halogens is 4. The van der Waals surface area contributed by atoms with Crippen molar-refractivity contribution in [1.82, 2.24) is 20.0 Å². The predicted octanol–water partition coefficient (Wildman–Crippen LogP) is 6.82. The molecule has 6 nitrogen and oxygen atoms in total. The van der Waals surface area contributed by atoms with Crippen molar-refractivity contribution in [3.8, 4) is 12.8 Å². The number of benzene rings is 2. The third kappa shape index (κ3) is 7.04. The lowest BCUT2D eigenvalue weighted by atomic mass is 10.1. The first kappa shape index (κ1) is 30.3. The van der Waals surface area contributed by atoms with Gasteiger partial charge in [0.25, 0.3) is 11.1 Å². The first-order valence-corrected chi connectivity index (χ1v) is 13.5. The van der Waals surface area contributed by atoms with Crippen LogP contribution >= 0.6 is 23.4 Å². The second-order valence-corrected chi connectivity index (χ2v) is 9.93. The van der Waals surface area contributed by atoms with E-state index >= 15 is 0 Å². The predicted molar refractivity (Wildman–Crippen MR) is 150 cm³/mol. The average Bonchev–Trinajstić information content (AvgIpc) is 3.64. The van der Waals surface area contributed by atoms with Gasteiger partial charge in [0.15, 0.2) is 0 Å². The van der Waals surface area contributed by atoms with Crippen LogP contribution in [0.1, 0.15) is 43.4 Å². The minimum absolute atomic E-state index is 0.0139. The molecule has 0 aliphatic carbocycles. The minimum Gasteiger partial charge on any atom is -0.312 e. The van der Waals surface area contributed by atoms with Gasteiger partial charge in [-0.2, -0.15) is 18.3 Å². The van der Waals surface area contributed by atoms with E-state index < -0.39 is 11.7 Å². The van der Waals surface area contributed by atoms with Gasteiger partial charge in [-0.05, 0) is 72.6 Å². The van der Waals surface area contributed by atoms with Crippen molar-refractivity contribution < 1.29 is 22.8 Å². The van der Waals surface area contributed by atoms with Crippen LogP contribution < -0.4 is 5.32 Å². The molecule has 3 aromatic rings. The van der Waals surface area contributed by atoms with Crippen LogP contribution in [0.3, 0.4) is 0 Å². The van der Waals surface area contributed by atoms with Crippen molar-refractivity contribution >= 4 is 51.5 Å². The molecule has 2 amide bonds. The highest BCUT2D eigenvalue weighted by Crippen LogP contribution is 2.35. The molecule has 0 saturated carbocycles. The SMILES string of the molecule is C#C.CC.O=C1S/C(=C\c2ccc3c(cnn3Cc3ccc(Cl)cc3C(F)(F)F)c2)C(=O)N1C[C@@H]1CCCN1. The summed E-state index contributed by atoms with van der Waals surface area (Å²) in [5, 5.41) is 7.98. The lowest BCUT2D eigenvalue weighted by Crippen LogP contribution is -2.39. The Kier molecular flexibility index (Phi) is 10.2. The van der Waals surface area contributed by atoms with Gasteiger partial charge in [0.1, 0.15) is 0 Å². The van der Waals surface area contributed by atoms with E-state index in [1.807, 2.05) is 13.8 Å². The normalized spacial score (nSPS) is 18.2. The number of carbonyl (C=O) groups is 2. The highest BCUT2D eigenvalue weighted by atomic mass is 35.5. The molecule has 2 fully saturated rings. The number of nitrogens with one attached hydrogen (secondary N) is 1. The zero-order valence-electron chi connectivity index (χ0n) is 21.5. The standard InChI is InChI=1S/C24H20ClF3N4O2S.C2H6.C2H2/c25-17-5-4-15(19(10-17)24(26,27)28)12-32-20-6-3-14(8-16(20)11-30-32)9-21-22(33)31(23(34)35-21)13-18-2-1-7-29-18;2*1-2/h3-6,8-11,18,29H,1-2,7,12-13H2;1-2H3;1-2H/b21-9-;;/t18-;;/m0../s1. The monoisotopic (exact) mass is 576 g/mol. The molecule has 1 aromatic heterocycles. The summed E-state index contributed by atoms with van der Waals surface area (Å²) in [6.07, 6.45) is 8.65. The maximum atomic E-state index is 13.5. The van der Waals surface area contributed by atoms with Crippen LogP contribution in [0.4, 0.5) is 18.0 Å². The van der Waals surface area contributed by atoms with E-state index in [9.17, 15) is 22.8 Å². The van der Waals surface area contributed by atoms with Gasteiger partial charge < -0.3 is 5.32 Å². The molecule has 0 spiro atoms. The van der Waals surface area contributed by atoms with Crippen LogP contribution in [0.5, 0.6) is 0 Å². The summed E-state index contributed by atoms with van der Waals surface area (Å²) in [4.78, 5) is 26.8. The Morgan fingerprint density at radius 2 is 1.92 bits per heavy atom. The summed E-state index contributed by atoms with van der Waals surface area (Å²) in [6.45, 7) is 5.17. The second-order valence-electron chi connectivity index (χ2n) is 8.51. The molecule has 5 rings (SSSR count). The average molecular weight is 577 g/mol. The molecule has 0 radical (unpaired) electrons. The van der Waals surface area contributed by atoms with Crippen LogP contribution in [-0.2, 0) is 17.5 Å². The maximum absolute atomic E-state index is 13.5. The van der Waals surface area contributed by atoms with Crippen LogP contribution in [-0.4, -0.2) is 45.0 Å². The quantitative estimate of drug-likeness (QED) is 0.267. The molecule has 0 unspecified atom stereocenters. The van der Waals surface area contributed by atoms with E-state index in [1.54, 1.807) is 30.5 Å². The summed E-state index contributed by atoms with van der Waals surface area (Å²) in [6, 6.07) is 9.09. The summed E-state index contributed by atoms with van der Waals surface area (Å²) < 4.78 is 41.9. The lowest BCUT2D eigenvalue weighted by Gasteiger charge is -2.17. The molecule has 39 heavy (non-hydrogen) atoms. The fourth-order valence-electron chi connectivity index (χ4n) is 4.37. The Hall–Kier alpha value is -3.26. The van der Waals surface area contributed by atoms with Gasteiger partial charge in [-0.1, -0.05) is 37.6 Å². The number of amides is 2. The number of fused-ring (bicyclic) bond motifs is 1. The Bertz CT molecular complexity index is 1390. The third-order valence-electron chi connectivity index (χ3n) is 6.10. The molecule has 2 aliphatic rings. The molecule has 11 heteroatoms. The van der Waals surface area contributed by atoms with E-state index in [4.69, 9.17) is 11.6 Å². The van der Waals surface area contributed by atoms with Crippen LogP contribution in [0, 0.1) is 12.8 Å². The first-order chi connectivity index (χ1) is 18.7. The summed E-state index contributed by atoms with van der Waals surface area (Å²) >= 11 is 6.69. The third-order valence-corrected chi connectivity index (χ3v) is 7.24. The Balaban J connectivity index is 0.00000100. The van der Waals surface area contributed by atoms with Crippen molar-refractivity contribution in [2.75, 3.05) is 13.1 Å². The number of hydrogen-bond acceptors (Lipinski definition) is 5. The van der Waals surface area contributed by atoms with Gasteiger partial charge >= 0.3 is 6.18 Å². The van der Waals surface area contributed by atoms with Crippen molar-refractivity contribution in [3.63, 3.8) is 0 Å². The summed E-state index contributed by atoms with van der Waals surface area (Å²) in [5.74, 6) is -0.313. The number of alkyl halides is 3. The number of carbonyl (C=O) groups excluding carboxylic acids is 2. The molecular formula is C28H28ClF3N4O2S. The highest BCUT2D eigenvalue weighted by Gasteiger charge is 2.37. The number of imide groups is 1. The van der Waals surface area contributed by atoms with Crippen LogP contribution in [0.2, 0.25) is 5.02 Å². The minimum atomic E-state index is -4.53. The smallest absolute Gasteiger partial charge is 0.312 e. The number of rotatable bonds is 5. The summed E-state index contributed by atoms with van der Waals surface area (Å²) in [5.41, 5.74) is 0.602. The lowest BCUT2D eigenvalue weighted by molar-refractivity contribution is -0.138. The molecule has 206 valence electrons. The van der Waals surface area contributed by atoms with Gasteiger partial charge in [-0.25, -0.2) is 0 Å². The molecule has 2 aromatic carbocycles. The van der Waals surface area contributed by atoms with E-state index in [1.165, 1.54) is 21.7 Å². The fourth-order valence-corrected chi connectivity index (χ4v) is 5.40. The van der Waals surface area contributed by atoms with Crippen LogP contribution in [0.15, 0.2) is 47.5 Å². The fraction of sp³-hybridized carbons (Fsp3) is 0.321. The molecule has 1 N–H and O–H groups in total. The van der Waals surface area contributed by atoms with E-state index in [2.05, 4.69) is 23.3 Å². The number of nitrogens with zero attached hydrogens (tertiary/aromatic N) is 3. The number of aromatic nitrogens is 2. The van der Waals surface area contributed by atoms with E-state index in [0.717, 1.165) is 37.2 Å². The topological polar surface area (TPSA) is 67.2 Å². The zero-order valence-corrected chi connectivity index (χ0v) is 23.0. The highest BCUT2D eigenvalue weighted by molar-refractivity contribution is 8.18. The molecular weight excluding hydrogens is 549 g/mol. The van der Waals surface area contributed by atoms with E-state index in [0.29, 0.717) is 27.9 Å². The molecule has 2 saturated heterocycles. The van der Waals surface area contributed by atoms with Crippen molar-refractivity contribution in [2.24, 2.45) is 0 Å².